The number of aromatic nitrogens is 2. The minimum Gasteiger partial charge on any atom is -0.320 e. The van der Waals surface area contributed by atoms with Gasteiger partial charge in [0.05, 0.1) is 22.0 Å². The van der Waals surface area contributed by atoms with E-state index in [1.807, 2.05) is 49.6 Å². The van der Waals surface area contributed by atoms with Crippen LogP contribution >= 0.6 is 11.6 Å². The number of anilines is 1. The molecule has 0 aliphatic rings. The first-order valence-corrected chi connectivity index (χ1v) is 8.34. The zero-order valence-corrected chi connectivity index (χ0v) is 15.0. The maximum absolute atomic E-state index is 12.6. The second kappa shape index (κ2) is 6.29. The topological polar surface area (TPSA) is 46.4 Å². The highest BCUT2D eigenvalue weighted by atomic mass is 35.5. The molecule has 0 radical (unpaired) electrons. The highest BCUT2D eigenvalue weighted by Crippen LogP contribution is 2.28. The molecule has 1 N–H and O–H groups in total. The lowest BCUT2D eigenvalue weighted by Gasteiger charge is -2.12. The van der Waals surface area contributed by atoms with Crippen molar-refractivity contribution in [2.45, 2.75) is 34.1 Å². The standard InChI is InChI=1S/C19H20ClN3O/c1-5-16-13(4)23-10-14(6-7-17(23)21-16)19(24)22-18-12(3)8-11(2)9-15(18)20/h6-10H,5H2,1-4H3,(H,22,24). The van der Waals surface area contributed by atoms with Crippen LogP contribution in [0.2, 0.25) is 5.02 Å². The Morgan fingerprint density at radius 3 is 2.67 bits per heavy atom. The van der Waals surface area contributed by atoms with Gasteiger partial charge < -0.3 is 9.72 Å². The van der Waals surface area contributed by atoms with Crippen LogP contribution in [0, 0.1) is 20.8 Å². The van der Waals surface area contributed by atoms with Crippen LogP contribution in [-0.4, -0.2) is 15.3 Å². The van der Waals surface area contributed by atoms with Gasteiger partial charge in [-0.3, -0.25) is 4.79 Å². The Hall–Kier alpha value is -2.33. The van der Waals surface area contributed by atoms with E-state index in [2.05, 4.69) is 17.2 Å². The van der Waals surface area contributed by atoms with Crippen molar-refractivity contribution in [1.82, 2.24) is 9.38 Å². The Morgan fingerprint density at radius 2 is 2.00 bits per heavy atom. The van der Waals surface area contributed by atoms with Crippen molar-refractivity contribution in [3.05, 3.63) is 63.6 Å². The molecule has 2 heterocycles. The van der Waals surface area contributed by atoms with E-state index in [9.17, 15) is 4.79 Å². The minimum absolute atomic E-state index is 0.183. The smallest absolute Gasteiger partial charge is 0.257 e. The summed E-state index contributed by atoms with van der Waals surface area (Å²) >= 11 is 6.28. The van der Waals surface area contributed by atoms with Gasteiger partial charge >= 0.3 is 0 Å². The van der Waals surface area contributed by atoms with Gasteiger partial charge in [-0.1, -0.05) is 24.6 Å². The molecule has 3 rings (SSSR count). The van der Waals surface area contributed by atoms with E-state index in [4.69, 9.17) is 11.6 Å². The molecule has 0 unspecified atom stereocenters. The SMILES string of the molecule is CCc1nc2ccc(C(=O)Nc3c(C)cc(C)cc3Cl)cn2c1C. The third-order valence-electron chi connectivity index (χ3n) is 4.22. The molecule has 0 saturated heterocycles. The molecule has 0 aliphatic carbocycles. The van der Waals surface area contributed by atoms with Crippen molar-refractivity contribution < 1.29 is 4.79 Å². The van der Waals surface area contributed by atoms with E-state index >= 15 is 0 Å². The van der Waals surface area contributed by atoms with Gasteiger partial charge in [0, 0.05) is 11.9 Å². The second-order valence-corrected chi connectivity index (χ2v) is 6.44. The van der Waals surface area contributed by atoms with Crippen molar-refractivity contribution >= 4 is 28.8 Å². The quantitative estimate of drug-likeness (QED) is 0.748. The molecule has 4 nitrogen and oxygen atoms in total. The number of rotatable bonds is 3. The Kier molecular flexibility index (Phi) is 4.33. The van der Waals surface area contributed by atoms with Crippen molar-refractivity contribution in [3.8, 4) is 0 Å². The highest BCUT2D eigenvalue weighted by molar-refractivity contribution is 6.34. The molecule has 3 aromatic rings. The number of carbonyl (C=O) groups excluding carboxylic acids is 1. The fourth-order valence-corrected chi connectivity index (χ4v) is 3.31. The van der Waals surface area contributed by atoms with Gasteiger partial charge in [-0.2, -0.15) is 0 Å². The first kappa shape index (κ1) is 16.5. The summed E-state index contributed by atoms with van der Waals surface area (Å²) in [7, 11) is 0. The number of pyridine rings is 1. The minimum atomic E-state index is -0.183. The third-order valence-corrected chi connectivity index (χ3v) is 4.52. The number of halogens is 1. The van der Waals surface area contributed by atoms with E-state index in [0.29, 0.717) is 16.3 Å². The number of amides is 1. The molecule has 24 heavy (non-hydrogen) atoms. The summed E-state index contributed by atoms with van der Waals surface area (Å²) in [5.74, 6) is -0.183. The Bertz CT molecular complexity index is 920. The van der Waals surface area contributed by atoms with Crippen molar-refractivity contribution in [2.75, 3.05) is 5.32 Å². The maximum Gasteiger partial charge on any atom is 0.257 e. The summed E-state index contributed by atoms with van der Waals surface area (Å²) in [5, 5.41) is 3.47. The van der Waals surface area contributed by atoms with Crippen molar-refractivity contribution in [1.29, 1.82) is 0 Å². The first-order chi connectivity index (χ1) is 11.4. The molecule has 0 atom stereocenters. The molecule has 0 spiro atoms. The third kappa shape index (κ3) is 2.89. The molecular formula is C19H20ClN3O. The second-order valence-electron chi connectivity index (χ2n) is 6.04. The number of fused-ring (bicyclic) bond motifs is 1. The van der Waals surface area contributed by atoms with Crippen LogP contribution in [0.15, 0.2) is 30.5 Å². The zero-order valence-electron chi connectivity index (χ0n) is 14.3. The van der Waals surface area contributed by atoms with E-state index < -0.39 is 0 Å². The van der Waals surface area contributed by atoms with Gasteiger partial charge in [-0.15, -0.1) is 0 Å². The van der Waals surface area contributed by atoms with E-state index in [1.165, 1.54) is 0 Å². The van der Waals surface area contributed by atoms with Crippen LogP contribution in [0.4, 0.5) is 5.69 Å². The van der Waals surface area contributed by atoms with Crippen LogP contribution in [0.25, 0.3) is 5.65 Å². The lowest BCUT2D eigenvalue weighted by molar-refractivity contribution is 0.102. The number of carbonyl (C=O) groups is 1. The molecule has 0 saturated carbocycles. The summed E-state index contributed by atoms with van der Waals surface area (Å²) in [6.07, 6.45) is 2.69. The summed E-state index contributed by atoms with van der Waals surface area (Å²) in [4.78, 5) is 17.2. The fourth-order valence-electron chi connectivity index (χ4n) is 2.94. The van der Waals surface area contributed by atoms with Crippen LogP contribution in [0.3, 0.4) is 0 Å². The normalized spacial score (nSPS) is 11.0. The number of aryl methyl sites for hydroxylation is 4. The van der Waals surface area contributed by atoms with Crippen LogP contribution in [0.1, 0.15) is 39.8 Å². The lowest BCUT2D eigenvalue weighted by Crippen LogP contribution is -2.14. The molecule has 0 fully saturated rings. The Balaban J connectivity index is 1.96. The number of benzene rings is 1. The molecular weight excluding hydrogens is 322 g/mol. The number of hydrogen-bond donors (Lipinski definition) is 1. The molecule has 0 bridgehead atoms. The van der Waals surface area contributed by atoms with Gasteiger partial charge in [-0.05, 0) is 56.5 Å². The molecule has 1 aromatic carbocycles. The number of hydrogen-bond acceptors (Lipinski definition) is 2. The molecule has 5 heteroatoms. The van der Waals surface area contributed by atoms with Crippen molar-refractivity contribution in [3.63, 3.8) is 0 Å². The molecule has 1 amide bonds. The maximum atomic E-state index is 12.6. The first-order valence-electron chi connectivity index (χ1n) is 7.96. The van der Waals surface area contributed by atoms with Crippen molar-refractivity contribution in [2.24, 2.45) is 0 Å². The van der Waals surface area contributed by atoms with Gasteiger partial charge in [0.2, 0.25) is 0 Å². The van der Waals surface area contributed by atoms with Crippen LogP contribution in [0.5, 0.6) is 0 Å². The largest absolute Gasteiger partial charge is 0.320 e. The van der Waals surface area contributed by atoms with E-state index in [0.717, 1.165) is 34.6 Å². The Morgan fingerprint density at radius 1 is 1.25 bits per heavy atom. The average molecular weight is 342 g/mol. The molecule has 124 valence electrons. The predicted molar refractivity (Wildman–Crippen MR) is 98.2 cm³/mol. The van der Waals surface area contributed by atoms with Gasteiger partial charge in [0.15, 0.2) is 0 Å². The number of nitrogens with one attached hydrogen (secondary N) is 1. The van der Waals surface area contributed by atoms with Crippen LogP contribution in [-0.2, 0) is 6.42 Å². The average Bonchev–Trinajstić information content (AvgIpc) is 2.86. The van der Waals surface area contributed by atoms with E-state index in [-0.39, 0.29) is 5.91 Å². The Labute approximate surface area is 146 Å². The van der Waals surface area contributed by atoms with Gasteiger partial charge in [0.25, 0.3) is 5.91 Å². The number of imidazole rings is 1. The number of nitrogens with zero attached hydrogens (tertiary/aromatic N) is 2. The van der Waals surface area contributed by atoms with Gasteiger partial charge in [0.1, 0.15) is 5.65 Å². The zero-order chi connectivity index (χ0) is 17.4. The van der Waals surface area contributed by atoms with Gasteiger partial charge in [-0.25, -0.2) is 4.98 Å². The summed E-state index contributed by atoms with van der Waals surface area (Å²) in [6.45, 7) is 8.00. The predicted octanol–water partition coefficient (Wildman–Crippen LogP) is 4.73. The fraction of sp³-hybridized carbons (Fsp3) is 0.263. The monoisotopic (exact) mass is 341 g/mol. The summed E-state index contributed by atoms with van der Waals surface area (Å²) in [6, 6.07) is 7.50. The highest BCUT2D eigenvalue weighted by Gasteiger charge is 2.14. The summed E-state index contributed by atoms with van der Waals surface area (Å²) in [5.41, 5.74) is 6.20. The van der Waals surface area contributed by atoms with E-state index in [1.54, 1.807) is 6.07 Å². The molecule has 0 aliphatic heterocycles. The summed E-state index contributed by atoms with van der Waals surface area (Å²) < 4.78 is 1.96. The van der Waals surface area contributed by atoms with Crippen LogP contribution < -0.4 is 5.32 Å². The molecule has 2 aromatic heterocycles. The lowest BCUT2D eigenvalue weighted by atomic mass is 10.1.